The Labute approximate surface area is 80.2 Å². The fraction of sp³-hybridized carbons (Fsp3) is 0.200. The third-order valence-corrected chi connectivity index (χ3v) is 2.51. The maximum Gasteiger partial charge on any atom is 0.119 e. The molecule has 1 nitrogen and oxygen atoms in total. The van der Waals surface area contributed by atoms with Crippen LogP contribution in [0.3, 0.4) is 0 Å². The van der Waals surface area contributed by atoms with E-state index in [9.17, 15) is 0 Å². The van der Waals surface area contributed by atoms with Gasteiger partial charge in [0.1, 0.15) is 5.76 Å². The van der Waals surface area contributed by atoms with E-state index in [1.807, 2.05) is 12.1 Å². The van der Waals surface area contributed by atoms with Crippen molar-refractivity contribution in [3.63, 3.8) is 0 Å². The zero-order chi connectivity index (χ0) is 8.55. The van der Waals surface area contributed by atoms with Crippen molar-refractivity contribution < 1.29 is 4.74 Å². The van der Waals surface area contributed by atoms with Gasteiger partial charge in [-0.15, -0.1) is 0 Å². The van der Waals surface area contributed by atoms with Crippen LogP contribution in [0.4, 0.5) is 0 Å². The van der Waals surface area contributed by atoms with Crippen molar-refractivity contribution in [3.05, 3.63) is 40.4 Å². The molecule has 1 aromatic carbocycles. The van der Waals surface area contributed by atoms with Crippen LogP contribution in [-0.2, 0) is 11.2 Å². The number of benzene rings is 1. The zero-order valence-electron chi connectivity index (χ0n) is 6.64. The van der Waals surface area contributed by atoms with Crippen molar-refractivity contribution >= 4 is 21.7 Å². The summed E-state index contributed by atoms with van der Waals surface area (Å²) >= 11 is 3.44. The van der Waals surface area contributed by atoms with E-state index in [4.69, 9.17) is 4.74 Å². The van der Waals surface area contributed by atoms with Crippen molar-refractivity contribution in [2.24, 2.45) is 0 Å². The monoisotopic (exact) mass is 224 g/mol. The molecule has 0 amide bonds. The van der Waals surface area contributed by atoms with E-state index in [1.54, 1.807) is 0 Å². The van der Waals surface area contributed by atoms with E-state index < -0.39 is 0 Å². The first-order valence-electron chi connectivity index (χ1n) is 3.88. The SMILES string of the molecule is C=C1OCCc2cc(Br)ccc21. The highest BCUT2D eigenvalue weighted by Crippen LogP contribution is 2.26. The molecule has 2 heteroatoms. The van der Waals surface area contributed by atoms with Crippen molar-refractivity contribution in [2.75, 3.05) is 6.61 Å². The second-order valence-corrected chi connectivity index (χ2v) is 3.74. The topological polar surface area (TPSA) is 9.23 Å². The molecule has 1 aromatic rings. The normalized spacial score (nSPS) is 15.2. The van der Waals surface area contributed by atoms with Gasteiger partial charge in [0.25, 0.3) is 0 Å². The summed E-state index contributed by atoms with van der Waals surface area (Å²) in [5.74, 6) is 0.795. The molecule has 0 atom stereocenters. The number of fused-ring (bicyclic) bond motifs is 1. The van der Waals surface area contributed by atoms with Crippen LogP contribution in [0.5, 0.6) is 0 Å². The maximum absolute atomic E-state index is 5.33. The molecule has 0 saturated carbocycles. The number of halogens is 1. The number of ether oxygens (including phenoxy) is 1. The second kappa shape index (κ2) is 2.94. The molecule has 0 radical (unpaired) electrons. The highest BCUT2D eigenvalue weighted by molar-refractivity contribution is 9.10. The van der Waals surface area contributed by atoms with Crippen LogP contribution in [0.2, 0.25) is 0 Å². The molecule has 0 bridgehead atoms. The molecule has 0 saturated heterocycles. The van der Waals surface area contributed by atoms with E-state index in [0.717, 1.165) is 28.8 Å². The van der Waals surface area contributed by atoms with Crippen LogP contribution in [0.25, 0.3) is 5.76 Å². The van der Waals surface area contributed by atoms with Crippen molar-refractivity contribution in [1.82, 2.24) is 0 Å². The number of hydrogen-bond donors (Lipinski definition) is 0. The first kappa shape index (κ1) is 7.87. The quantitative estimate of drug-likeness (QED) is 0.659. The summed E-state index contributed by atoms with van der Waals surface area (Å²) in [5, 5.41) is 0. The molecule has 1 aliphatic rings. The minimum Gasteiger partial charge on any atom is -0.493 e. The van der Waals surface area contributed by atoms with E-state index in [0.29, 0.717) is 0 Å². The summed E-state index contributed by atoms with van der Waals surface area (Å²) in [6.07, 6.45) is 0.980. The lowest BCUT2D eigenvalue weighted by molar-refractivity contribution is 0.271. The third-order valence-electron chi connectivity index (χ3n) is 2.02. The summed E-state index contributed by atoms with van der Waals surface area (Å²) in [4.78, 5) is 0. The van der Waals surface area contributed by atoms with Crippen molar-refractivity contribution in [2.45, 2.75) is 6.42 Å². The van der Waals surface area contributed by atoms with Gasteiger partial charge >= 0.3 is 0 Å². The summed E-state index contributed by atoms with van der Waals surface area (Å²) < 4.78 is 6.46. The lowest BCUT2D eigenvalue weighted by Crippen LogP contribution is -2.07. The Morgan fingerprint density at radius 1 is 1.42 bits per heavy atom. The minimum atomic E-state index is 0.752. The molecule has 0 N–H and O–H groups in total. The fourth-order valence-electron chi connectivity index (χ4n) is 1.40. The van der Waals surface area contributed by atoms with Gasteiger partial charge in [-0.3, -0.25) is 0 Å². The van der Waals surface area contributed by atoms with Gasteiger partial charge in [-0.2, -0.15) is 0 Å². The molecule has 0 fully saturated rings. The van der Waals surface area contributed by atoms with Gasteiger partial charge < -0.3 is 4.74 Å². The van der Waals surface area contributed by atoms with Crippen LogP contribution in [0, 0.1) is 0 Å². The van der Waals surface area contributed by atoms with E-state index in [1.165, 1.54) is 5.56 Å². The Kier molecular flexibility index (Phi) is 1.93. The van der Waals surface area contributed by atoms with Gasteiger partial charge in [0.2, 0.25) is 0 Å². The van der Waals surface area contributed by atoms with E-state index in [2.05, 4.69) is 28.6 Å². The molecule has 12 heavy (non-hydrogen) atoms. The van der Waals surface area contributed by atoms with E-state index in [-0.39, 0.29) is 0 Å². The highest BCUT2D eigenvalue weighted by Gasteiger charge is 2.12. The molecule has 0 spiro atoms. The smallest absolute Gasteiger partial charge is 0.119 e. The number of hydrogen-bond acceptors (Lipinski definition) is 1. The molecule has 0 aromatic heterocycles. The van der Waals surface area contributed by atoms with Gasteiger partial charge in [-0.1, -0.05) is 22.5 Å². The van der Waals surface area contributed by atoms with Crippen LogP contribution in [0.1, 0.15) is 11.1 Å². The highest BCUT2D eigenvalue weighted by atomic mass is 79.9. The van der Waals surface area contributed by atoms with Crippen LogP contribution >= 0.6 is 15.9 Å². The maximum atomic E-state index is 5.33. The predicted molar refractivity (Wildman–Crippen MR) is 52.8 cm³/mol. The molecular weight excluding hydrogens is 216 g/mol. The van der Waals surface area contributed by atoms with Gasteiger partial charge in [0, 0.05) is 16.5 Å². The Hall–Kier alpha value is -0.760. The molecule has 62 valence electrons. The van der Waals surface area contributed by atoms with Crippen molar-refractivity contribution in [3.8, 4) is 0 Å². The summed E-state index contributed by atoms with van der Waals surface area (Å²) in [6.45, 7) is 4.60. The fourth-order valence-corrected chi connectivity index (χ4v) is 1.81. The first-order chi connectivity index (χ1) is 5.77. The summed E-state index contributed by atoms with van der Waals surface area (Å²) in [5.41, 5.74) is 2.46. The molecule has 1 aliphatic heterocycles. The Balaban J connectivity index is 2.53. The second-order valence-electron chi connectivity index (χ2n) is 2.82. The predicted octanol–water partition coefficient (Wildman–Crippen LogP) is 2.99. The average Bonchev–Trinajstić information content (AvgIpc) is 2.04. The third kappa shape index (κ3) is 1.27. The Morgan fingerprint density at radius 3 is 3.08 bits per heavy atom. The lowest BCUT2D eigenvalue weighted by Gasteiger charge is -2.19. The molecule has 0 unspecified atom stereocenters. The van der Waals surface area contributed by atoms with Gasteiger partial charge in [-0.05, 0) is 23.8 Å². The van der Waals surface area contributed by atoms with Gasteiger partial charge in [0.05, 0.1) is 6.61 Å². The lowest BCUT2D eigenvalue weighted by atomic mass is 10.0. The van der Waals surface area contributed by atoms with Gasteiger partial charge in [-0.25, -0.2) is 0 Å². The van der Waals surface area contributed by atoms with Crippen LogP contribution in [-0.4, -0.2) is 6.61 Å². The summed E-state index contributed by atoms with van der Waals surface area (Å²) in [6, 6.07) is 6.18. The summed E-state index contributed by atoms with van der Waals surface area (Å²) in [7, 11) is 0. The first-order valence-corrected chi connectivity index (χ1v) is 4.67. The van der Waals surface area contributed by atoms with E-state index >= 15 is 0 Å². The van der Waals surface area contributed by atoms with Crippen molar-refractivity contribution in [1.29, 1.82) is 0 Å². The standard InChI is InChI=1S/C10H9BrO/c1-7-10-3-2-9(11)6-8(10)4-5-12-7/h2-3,6H,1,4-5H2. The Bertz CT molecular complexity index is 331. The minimum absolute atomic E-state index is 0.752. The molecule has 1 heterocycles. The number of rotatable bonds is 0. The molecule has 2 rings (SSSR count). The van der Waals surface area contributed by atoms with Crippen LogP contribution in [0.15, 0.2) is 29.3 Å². The molecule has 0 aliphatic carbocycles. The molecular formula is C10H9BrO. The average molecular weight is 225 g/mol. The van der Waals surface area contributed by atoms with Gasteiger partial charge in [0.15, 0.2) is 0 Å². The Morgan fingerprint density at radius 2 is 2.25 bits per heavy atom. The zero-order valence-corrected chi connectivity index (χ0v) is 8.23. The largest absolute Gasteiger partial charge is 0.493 e. The van der Waals surface area contributed by atoms with Crippen LogP contribution < -0.4 is 0 Å².